The van der Waals surface area contributed by atoms with Gasteiger partial charge in [0.25, 0.3) is 5.91 Å². The molecule has 1 N–H and O–H groups in total. The van der Waals surface area contributed by atoms with Gasteiger partial charge in [0, 0.05) is 52.4 Å². The van der Waals surface area contributed by atoms with Crippen LogP contribution < -0.4 is 5.32 Å². The minimum Gasteiger partial charge on any atom is -0.378 e. The summed E-state index contributed by atoms with van der Waals surface area (Å²) < 4.78 is 6.34. The van der Waals surface area contributed by atoms with Crippen LogP contribution in [0.2, 0.25) is 0 Å². The van der Waals surface area contributed by atoms with Crippen molar-refractivity contribution in [2.24, 2.45) is 5.41 Å². The van der Waals surface area contributed by atoms with Crippen LogP contribution in [0.15, 0.2) is 51.3 Å². The quantitative estimate of drug-likeness (QED) is 0.729. The van der Waals surface area contributed by atoms with Crippen molar-refractivity contribution in [2.75, 3.05) is 26.3 Å². The Morgan fingerprint density at radius 3 is 2.59 bits per heavy atom. The van der Waals surface area contributed by atoms with Crippen LogP contribution in [0.5, 0.6) is 0 Å². The Morgan fingerprint density at radius 1 is 1.21 bits per heavy atom. The van der Waals surface area contributed by atoms with E-state index in [1.165, 1.54) is 0 Å². The number of carbonyl (C=O) groups excluding carboxylic acids is 2. The highest BCUT2D eigenvalue weighted by atomic mass is 79.9. The number of Topliss-reactive ketones (excluding diaryl/α,β-unsaturated/α-hetero) is 1. The molecule has 0 spiro atoms. The lowest BCUT2D eigenvalue weighted by Gasteiger charge is -2.41. The smallest absolute Gasteiger partial charge is 0.252 e. The van der Waals surface area contributed by atoms with Crippen LogP contribution in [-0.4, -0.2) is 42.9 Å². The second-order valence-electron chi connectivity index (χ2n) is 8.86. The van der Waals surface area contributed by atoms with Gasteiger partial charge < -0.3 is 15.0 Å². The third-order valence-electron chi connectivity index (χ3n) is 5.98. The molecule has 2 aliphatic heterocycles. The van der Waals surface area contributed by atoms with Crippen LogP contribution in [-0.2, 0) is 14.3 Å². The van der Waals surface area contributed by atoms with E-state index in [9.17, 15) is 9.59 Å². The molecule has 3 aliphatic rings. The summed E-state index contributed by atoms with van der Waals surface area (Å²) in [5.74, 6) is -0.242. The van der Waals surface area contributed by atoms with Crippen LogP contribution in [0, 0.1) is 5.41 Å². The summed E-state index contributed by atoms with van der Waals surface area (Å²) in [6.45, 7) is 8.44. The van der Waals surface area contributed by atoms with Crippen molar-refractivity contribution in [1.29, 1.82) is 0 Å². The Balaban J connectivity index is 1.85. The van der Waals surface area contributed by atoms with E-state index in [1.54, 1.807) is 0 Å². The standard InChI is InChI=1S/C23H27BrN2O3/c1-14-19(22(28)26-8-10-29-11-9-26)20(15-6-4-5-7-16(15)24)21-17(25-14)12-23(2,3)13-18(21)27/h4-7,20,25H,8-13H2,1-3H3/t20-/m1/s1. The van der Waals surface area contributed by atoms with E-state index in [0.717, 1.165) is 33.4 Å². The Labute approximate surface area is 180 Å². The fourth-order valence-electron chi connectivity index (χ4n) is 4.68. The van der Waals surface area contributed by atoms with Gasteiger partial charge >= 0.3 is 0 Å². The molecular formula is C23H27BrN2O3. The highest BCUT2D eigenvalue weighted by molar-refractivity contribution is 9.10. The SMILES string of the molecule is CC1=C(C(=O)N2CCOCC2)[C@@H](c2ccccc2Br)C2=C(CC(C)(C)CC2=O)N1. The first-order chi connectivity index (χ1) is 13.8. The lowest BCUT2D eigenvalue weighted by atomic mass is 9.68. The minimum atomic E-state index is -0.360. The van der Waals surface area contributed by atoms with Crippen LogP contribution in [0.3, 0.4) is 0 Å². The number of nitrogens with one attached hydrogen (secondary N) is 1. The first-order valence-corrected chi connectivity index (χ1v) is 10.9. The Bertz CT molecular complexity index is 926. The van der Waals surface area contributed by atoms with Gasteiger partial charge in [-0.05, 0) is 30.4 Å². The van der Waals surface area contributed by atoms with E-state index in [-0.39, 0.29) is 23.0 Å². The van der Waals surface area contributed by atoms with Crippen LogP contribution in [0.1, 0.15) is 45.1 Å². The summed E-state index contributed by atoms with van der Waals surface area (Å²) in [6.07, 6.45) is 1.29. The first kappa shape index (κ1) is 20.4. The normalized spacial score (nSPS) is 24.3. The van der Waals surface area contributed by atoms with E-state index in [0.29, 0.717) is 38.3 Å². The zero-order chi connectivity index (χ0) is 20.8. The van der Waals surface area contributed by atoms with Gasteiger partial charge in [-0.3, -0.25) is 9.59 Å². The number of benzene rings is 1. The summed E-state index contributed by atoms with van der Waals surface area (Å²) in [6, 6.07) is 7.90. The molecule has 1 atom stereocenters. The highest BCUT2D eigenvalue weighted by Crippen LogP contribution is 2.48. The fraction of sp³-hybridized carbons (Fsp3) is 0.478. The molecule has 0 aromatic heterocycles. The molecule has 6 heteroatoms. The predicted molar refractivity (Wildman–Crippen MR) is 115 cm³/mol. The van der Waals surface area contributed by atoms with Crippen molar-refractivity contribution in [2.45, 2.75) is 39.5 Å². The molecule has 2 heterocycles. The summed E-state index contributed by atoms with van der Waals surface area (Å²) in [4.78, 5) is 28.7. The lowest BCUT2D eigenvalue weighted by molar-refractivity contribution is -0.131. The number of ether oxygens (including phenoxy) is 1. The molecule has 0 radical (unpaired) electrons. The Kier molecular flexibility index (Phi) is 5.42. The van der Waals surface area contributed by atoms with Gasteiger partial charge in [0.2, 0.25) is 0 Å². The monoisotopic (exact) mass is 458 g/mol. The molecule has 1 aromatic rings. The highest BCUT2D eigenvalue weighted by Gasteiger charge is 2.44. The predicted octanol–water partition coefficient (Wildman–Crippen LogP) is 3.91. The van der Waals surface area contributed by atoms with Gasteiger partial charge in [-0.15, -0.1) is 0 Å². The summed E-state index contributed by atoms with van der Waals surface area (Å²) in [7, 11) is 0. The molecule has 0 bridgehead atoms. The van der Waals surface area contributed by atoms with Crippen LogP contribution >= 0.6 is 15.9 Å². The van der Waals surface area contributed by atoms with Crippen molar-refractivity contribution in [3.63, 3.8) is 0 Å². The van der Waals surface area contributed by atoms with Gasteiger partial charge in [0.05, 0.1) is 13.2 Å². The fourth-order valence-corrected chi connectivity index (χ4v) is 5.19. The average Bonchev–Trinajstić information content (AvgIpc) is 2.66. The number of dihydropyridines is 1. The second kappa shape index (κ2) is 7.73. The number of hydrogen-bond donors (Lipinski definition) is 1. The topological polar surface area (TPSA) is 58.6 Å². The molecule has 29 heavy (non-hydrogen) atoms. The van der Waals surface area contributed by atoms with Crippen molar-refractivity contribution in [1.82, 2.24) is 10.2 Å². The van der Waals surface area contributed by atoms with Gasteiger partial charge in [-0.1, -0.05) is 48.0 Å². The molecule has 4 rings (SSSR count). The zero-order valence-corrected chi connectivity index (χ0v) is 18.8. The number of hydrogen-bond acceptors (Lipinski definition) is 4. The maximum Gasteiger partial charge on any atom is 0.252 e. The molecule has 0 unspecified atom stereocenters. The zero-order valence-electron chi connectivity index (χ0n) is 17.2. The van der Waals surface area contributed by atoms with Gasteiger partial charge in [-0.25, -0.2) is 0 Å². The average molecular weight is 459 g/mol. The first-order valence-electron chi connectivity index (χ1n) is 10.1. The van der Waals surface area contributed by atoms with E-state index in [4.69, 9.17) is 4.74 Å². The van der Waals surface area contributed by atoms with Crippen molar-refractivity contribution in [3.8, 4) is 0 Å². The lowest BCUT2D eigenvalue weighted by Crippen LogP contribution is -2.45. The van der Waals surface area contributed by atoms with E-state index >= 15 is 0 Å². The Hall–Kier alpha value is -1.92. The number of nitrogens with zero attached hydrogens (tertiary/aromatic N) is 1. The van der Waals surface area contributed by atoms with Gasteiger partial charge in [0.1, 0.15) is 0 Å². The number of carbonyl (C=O) groups is 2. The minimum absolute atomic E-state index is 0.0109. The molecule has 1 fully saturated rings. The van der Waals surface area contributed by atoms with Gasteiger partial charge in [-0.2, -0.15) is 0 Å². The second-order valence-corrected chi connectivity index (χ2v) is 9.71. The van der Waals surface area contributed by atoms with Crippen LogP contribution in [0.4, 0.5) is 0 Å². The molecule has 1 amide bonds. The number of halogens is 1. The number of ketones is 1. The van der Waals surface area contributed by atoms with Crippen molar-refractivity contribution >= 4 is 27.6 Å². The van der Waals surface area contributed by atoms with Crippen molar-refractivity contribution < 1.29 is 14.3 Å². The summed E-state index contributed by atoms with van der Waals surface area (Å²) in [5.41, 5.74) is 4.09. The molecular weight excluding hydrogens is 432 g/mol. The third-order valence-corrected chi connectivity index (χ3v) is 6.71. The largest absolute Gasteiger partial charge is 0.378 e. The van der Waals surface area contributed by atoms with Crippen molar-refractivity contribution in [3.05, 3.63) is 56.8 Å². The summed E-state index contributed by atoms with van der Waals surface area (Å²) >= 11 is 3.66. The molecule has 154 valence electrons. The van der Waals surface area contributed by atoms with E-state index < -0.39 is 0 Å². The van der Waals surface area contributed by atoms with E-state index in [2.05, 4.69) is 35.1 Å². The number of amides is 1. The number of rotatable bonds is 2. The van der Waals surface area contributed by atoms with Gasteiger partial charge in [0.15, 0.2) is 5.78 Å². The molecule has 1 saturated heterocycles. The molecule has 5 nitrogen and oxygen atoms in total. The molecule has 0 saturated carbocycles. The number of morpholine rings is 1. The van der Waals surface area contributed by atoms with E-state index in [1.807, 2.05) is 36.1 Å². The molecule has 1 aliphatic carbocycles. The maximum absolute atomic E-state index is 13.6. The Morgan fingerprint density at radius 2 is 1.90 bits per heavy atom. The number of allylic oxidation sites excluding steroid dienone is 3. The summed E-state index contributed by atoms with van der Waals surface area (Å²) in [5, 5.41) is 3.44. The third kappa shape index (κ3) is 3.80. The maximum atomic E-state index is 13.6. The molecule has 1 aromatic carbocycles. The van der Waals surface area contributed by atoms with Crippen LogP contribution in [0.25, 0.3) is 0 Å².